The van der Waals surface area contributed by atoms with Gasteiger partial charge in [-0.15, -0.1) is 0 Å². The van der Waals surface area contributed by atoms with Gasteiger partial charge in [-0.2, -0.15) is 0 Å². The molecule has 23 rings (SSSR count). The standard InChI is InChI=1S/C113H76N2O/c1-73-50-63-91-93-66-61-85(71-105(93)111(103(91)68-73,78-30-10-4-11-31-78)79-32-12-5-13-33-79)114(86-62-67-94-92-64-51-74(2)69-104(92)112(106(94)72-86,80-34-14-6-15-35-80)81-36-16-7-17-37-81)84-60-65-87(98(70-84)75-28-8-3-9-29-75)76-52-56-82(57-53-76)115(83-58-54-77(55-59-83)88-42-26-43-96-95-40-21-25-49-108(95)116-110(88)96)107-48-27-47-102-109(107)97-41-20-24-46-101(97)113(102)99-44-22-18-38-89(99)90-39-19-23-45-100(90)113/h3-72H,1-2H3. The first-order valence-electron chi connectivity index (χ1n) is 40.4. The highest BCUT2D eigenvalue weighted by Gasteiger charge is 2.53. The summed E-state index contributed by atoms with van der Waals surface area (Å²) in [4.78, 5) is 5.05. The van der Waals surface area contributed by atoms with Crippen LogP contribution in [0.3, 0.4) is 0 Å². The maximum atomic E-state index is 6.69. The normalized spacial score (nSPS) is 13.6. The summed E-state index contributed by atoms with van der Waals surface area (Å²) in [5.41, 5.74) is 40.5. The monoisotopic (exact) mass is 1480 g/mol. The minimum Gasteiger partial charge on any atom is -0.455 e. The molecule has 0 saturated heterocycles. The average Bonchev–Trinajstić information content (AvgIpc) is 1.52. The van der Waals surface area contributed by atoms with E-state index >= 15 is 0 Å². The van der Waals surface area contributed by atoms with Crippen LogP contribution in [0, 0.1) is 13.8 Å². The van der Waals surface area contributed by atoms with Gasteiger partial charge < -0.3 is 14.2 Å². The van der Waals surface area contributed by atoms with Crippen molar-refractivity contribution < 1.29 is 4.42 Å². The number of nitrogens with zero attached hydrogens (tertiary/aromatic N) is 2. The molecule has 116 heavy (non-hydrogen) atoms. The molecule has 1 heterocycles. The van der Waals surface area contributed by atoms with Gasteiger partial charge in [-0.1, -0.05) is 363 Å². The second kappa shape index (κ2) is 26.2. The first kappa shape index (κ1) is 67.1. The zero-order chi connectivity index (χ0) is 76.8. The third-order valence-electron chi connectivity index (χ3n) is 25.8. The van der Waals surface area contributed by atoms with Crippen LogP contribution in [-0.4, -0.2) is 0 Å². The average molecular weight is 1480 g/mol. The predicted molar refractivity (Wildman–Crippen MR) is 480 cm³/mol. The minimum atomic E-state index is -0.647. The second-order valence-corrected chi connectivity index (χ2v) is 31.7. The Labute approximate surface area is 676 Å². The maximum absolute atomic E-state index is 6.69. The van der Waals surface area contributed by atoms with Crippen molar-refractivity contribution in [2.24, 2.45) is 0 Å². The number of fused-ring (bicyclic) bond motifs is 19. The van der Waals surface area contributed by atoms with Crippen LogP contribution in [-0.2, 0) is 16.2 Å². The smallest absolute Gasteiger partial charge is 0.143 e. The molecule has 1 aromatic heterocycles. The highest BCUT2D eigenvalue weighted by atomic mass is 16.3. The predicted octanol–water partition coefficient (Wildman–Crippen LogP) is 29.2. The molecule has 1 spiro atoms. The summed E-state index contributed by atoms with van der Waals surface area (Å²) < 4.78 is 6.69. The summed E-state index contributed by atoms with van der Waals surface area (Å²) in [6, 6.07) is 160. The number of hydrogen-bond acceptors (Lipinski definition) is 3. The second-order valence-electron chi connectivity index (χ2n) is 31.7. The molecule has 0 unspecified atom stereocenters. The van der Waals surface area contributed by atoms with Gasteiger partial charge >= 0.3 is 0 Å². The first-order chi connectivity index (χ1) is 57.3. The van der Waals surface area contributed by atoms with Crippen molar-refractivity contribution in [3.63, 3.8) is 0 Å². The van der Waals surface area contributed by atoms with Gasteiger partial charge in [0.2, 0.25) is 0 Å². The van der Waals surface area contributed by atoms with Crippen molar-refractivity contribution in [3.05, 3.63) is 503 Å². The molecule has 0 amide bonds. The molecule has 0 saturated carbocycles. The van der Waals surface area contributed by atoms with Gasteiger partial charge in [0.15, 0.2) is 0 Å². The molecule has 0 N–H and O–H groups in total. The fraction of sp³-hybridized carbons (Fsp3) is 0.0442. The number of anilines is 6. The lowest BCUT2D eigenvalue weighted by Gasteiger charge is -2.36. The SMILES string of the molecule is Cc1ccc2c(c1)C(c1ccccc1)(c1ccccc1)c1cc(N(c3ccc(-c4ccc(N(c5ccc(-c6cccc7c6oc6ccccc67)cc5)c5cccc6c5-c5ccccc5C65c6ccccc6-c6ccccc65)cc4)c(-c4ccccc4)c3)c3ccc4c(c3)C(c3ccccc3)(c3ccccc3)c3cc(C)ccc3-4)ccc1-2. The van der Waals surface area contributed by atoms with Crippen molar-refractivity contribution in [2.45, 2.75) is 30.1 Å². The van der Waals surface area contributed by atoms with E-state index in [-0.39, 0.29) is 0 Å². The van der Waals surface area contributed by atoms with Gasteiger partial charge in [0.25, 0.3) is 0 Å². The molecule has 4 aliphatic carbocycles. The molecule has 0 fully saturated rings. The van der Waals surface area contributed by atoms with Gasteiger partial charge in [0, 0.05) is 50.3 Å². The largest absolute Gasteiger partial charge is 0.455 e. The third-order valence-corrected chi connectivity index (χ3v) is 25.8. The number of benzene rings is 18. The summed E-state index contributed by atoms with van der Waals surface area (Å²) in [6.07, 6.45) is 0. The molecule has 0 radical (unpaired) electrons. The summed E-state index contributed by atoms with van der Waals surface area (Å²) in [6.45, 7) is 4.46. The van der Waals surface area contributed by atoms with Crippen LogP contribution < -0.4 is 9.80 Å². The van der Waals surface area contributed by atoms with E-state index in [0.717, 1.165) is 89.4 Å². The summed E-state index contributed by atoms with van der Waals surface area (Å²) >= 11 is 0. The molecule has 0 atom stereocenters. The van der Waals surface area contributed by atoms with Crippen LogP contribution in [0.25, 0.3) is 99.8 Å². The number of hydrogen-bond donors (Lipinski definition) is 0. The van der Waals surface area contributed by atoms with Crippen molar-refractivity contribution in [1.82, 2.24) is 0 Å². The van der Waals surface area contributed by atoms with Crippen molar-refractivity contribution in [3.8, 4) is 77.9 Å². The quantitative estimate of drug-likeness (QED) is 0.115. The lowest BCUT2D eigenvalue weighted by atomic mass is 9.67. The Morgan fingerprint density at radius 3 is 1.08 bits per heavy atom. The Hall–Kier alpha value is -14.6. The van der Waals surface area contributed by atoms with E-state index in [2.05, 4.69) is 442 Å². The number of furan rings is 1. The Morgan fingerprint density at radius 1 is 0.207 bits per heavy atom. The van der Waals surface area contributed by atoms with Crippen LogP contribution in [0.15, 0.2) is 429 Å². The van der Waals surface area contributed by atoms with E-state index in [9.17, 15) is 0 Å². The zero-order valence-corrected chi connectivity index (χ0v) is 64.2. The lowest BCUT2D eigenvalue weighted by molar-refractivity contribution is 0.670. The van der Waals surface area contributed by atoms with E-state index in [1.54, 1.807) is 0 Å². The third kappa shape index (κ3) is 9.73. The molecule has 19 aromatic rings. The molecular weight excluding hydrogens is 1400 g/mol. The van der Waals surface area contributed by atoms with E-state index in [0.29, 0.717) is 0 Å². The fourth-order valence-corrected chi connectivity index (χ4v) is 21.0. The lowest BCUT2D eigenvalue weighted by Crippen LogP contribution is -2.29. The Kier molecular flexibility index (Phi) is 15.2. The van der Waals surface area contributed by atoms with Crippen LogP contribution in [0.5, 0.6) is 0 Å². The van der Waals surface area contributed by atoms with Gasteiger partial charge in [0.1, 0.15) is 11.2 Å². The summed E-state index contributed by atoms with van der Waals surface area (Å²) in [5, 5.41) is 2.23. The van der Waals surface area contributed by atoms with E-state index in [4.69, 9.17) is 4.42 Å². The van der Waals surface area contributed by atoms with Gasteiger partial charge in [-0.3, -0.25) is 0 Å². The van der Waals surface area contributed by atoms with Crippen LogP contribution in [0.1, 0.15) is 77.9 Å². The summed E-state index contributed by atoms with van der Waals surface area (Å²) in [7, 11) is 0. The molecule has 0 bridgehead atoms. The molecule has 4 aliphatic rings. The molecule has 3 heteroatoms. The fourth-order valence-electron chi connectivity index (χ4n) is 21.0. The van der Waals surface area contributed by atoms with E-state index in [1.165, 1.54) is 122 Å². The highest BCUT2D eigenvalue weighted by molar-refractivity contribution is 6.10. The molecule has 18 aromatic carbocycles. The van der Waals surface area contributed by atoms with E-state index < -0.39 is 16.2 Å². The summed E-state index contributed by atoms with van der Waals surface area (Å²) in [5.74, 6) is 0. The van der Waals surface area contributed by atoms with Gasteiger partial charge in [-0.25, -0.2) is 0 Å². The number of para-hydroxylation sites is 2. The number of rotatable bonds is 13. The number of aryl methyl sites for hydroxylation is 2. The topological polar surface area (TPSA) is 19.6 Å². The van der Waals surface area contributed by atoms with Crippen molar-refractivity contribution in [1.29, 1.82) is 0 Å². The van der Waals surface area contributed by atoms with Crippen LogP contribution in [0.4, 0.5) is 34.1 Å². The molecule has 0 aliphatic heterocycles. The van der Waals surface area contributed by atoms with E-state index in [1.807, 2.05) is 6.07 Å². The van der Waals surface area contributed by atoms with Crippen molar-refractivity contribution >= 4 is 56.1 Å². The Balaban J connectivity index is 0.725. The Morgan fingerprint density at radius 2 is 0.560 bits per heavy atom. The van der Waals surface area contributed by atoms with Crippen molar-refractivity contribution in [2.75, 3.05) is 9.80 Å². The maximum Gasteiger partial charge on any atom is 0.143 e. The zero-order valence-electron chi connectivity index (χ0n) is 64.2. The van der Waals surface area contributed by atoms with Crippen LogP contribution in [0.2, 0.25) is 0 Å². The molecule has 544 valence electrons. The first-order valence-corrected chi connectivity index (χ1v) is 40.4. The van der Waals surface area contributed by atoms with Gasteiger partial charge in [-0.05, 0) is 220 Å². The minimum absolute atomic E-state index is 0.531. The van der Waals surface area contributed by atoms with Gasteiger partial charge in [0.05, 0.1) is 21.9 Å². The molecular formula is C113H76N2O. The molecule has 3 nitrogen and oxygen atoms in total. The van der Waals surface area contributed by atoms with Crippen LogP contribution >= 0.6 is 0 Å². The highest BCUT2D eigenvalue weighted by Crippen LogP contribution is 2.66. The Bertz CT molecular complexity index is 6830.